The average molecular weight is 167 g/mol. The van der Waals surface area contributed by atoms with E-state index >= 15 is 0 Å². The molecule has 2 N–H and O–H groups in total. The number of nitrogens with zero attached hydrogens (tertiary/aromatic N) is 1. The van der Waals surface area contributed by atoms with Gasteiger partial charge in [0.1, 0.15) is 0 Å². The third-order valence-electron chi connectivity index (χ3n) is 1.95. The lowest BCUT2D eigenvalue weighted by molar-refractivity contribution is -0.384. The molecule has 0 radical (unpaired) electrons. The molecule has 12 heavy (non-hydrogen) atoms. The summed E-state index contributed by atoms with van der Waals surface area (Å²) in [6, 6.07) is 5.32. The lowest BCUT2D eigenvalue weighted by atomic mass is 10.2. The first-order valence-electron chi connectivity index (χ1n) is 3.53. The van der Waals surface area contributed by atoms with Crippen LogP contribution in [0.25, 0.3) is 0 Å². The standard InChI is InChI=1S/C8H7NO2.H2O/c10-9(11)8-4-6-1-2-7(3-6)5-8;/h3-5H,1-2H2;1H2. The quantitative estimate of drug-likeness (QED) is 0.459. The molecule has 1 aliphatic carbocycles. The first-order valence-corrected chi connectivity index (χ1v) is 3.53. The molecule has 0 aromatic heterocycles. The van der Waals surface area contributed by atoms with Crippen LogP contribution in [0.1, 0.15) is 11.1 Å². The number of aryl methyl sites for hydroxylation is 2. The predicted octanol–water partition coefficient (Wildman–Crippen LogP) is 0.869. The van der Waals surface area contributed by atoms with Crippen molar-refractivity contribution in [3.05, 3.63) is 39.4 Å². The number of nitro benzene ring substituents is 1. The van der Waals surface area contributed by atoms with Crippen molar-refractivity contribution >= 4 is 5.69 Å². The Labute approximate surface area is 69.3 Å². The molecule has 0 atom stereocenters. The van der Waals surface area contributed by atoms with Crippen LogP contribution in [0.3, 0.4) is 0 Å². The van der Waals surface area contributed by atoms with E-state index in [2.05, 4.69) is 0 Å². The lowest BCUT2D eigenvalue weighted by Crippen LogP contribution is -1.87. The summed E-state index contributed by atoms with van der Waals surface area (Å²) in [5, 5.41) is 10.3. The van der Waals surface area contributed by atoms with Gasteiger partial charge in [0.15, 0.2) is 0 Å². The summed E-state index contributed by atoms with van der Waals surface area (Å²) >= 11 is 0. The molecule has 0 aliphatic heterocycles. The molecule has 0 spiro atoms. The van der Waals surface area contributed by atoms with Crippen LogP contribution in [0.2, 0.25) is 0 Å². The Morgan fingerprint density at radius 2 is 1.67 bits per heavy atom. The van der Waals surface area contributed by atoms with Gasteiger partial charge in [0.05, 0.1) is 4.92 Å². The lowest BCUT2D eigenvalue weighted by Gasteiger charge is -1.90. The van der Waals surface area contributed by atoms with Crippen molar-refractivity contribution in [1.82, 2.24) is 0 Å². The van der Waals surface area contributed by atoms with Gasteiger partial charge in [-0.2, -0.15) is 0 Å². The Morgan fingerprint density at radius 3 is 2.08 bits per heavy atom. The smallest absolute Gasteiger partial charge is 0.269 e. The van der Waals surface area contributed by atoms with E-state index in [4.69, 9.17) is 0 Å². The van der Waals surface area contributed by atoms with Gasteiger partial charge in [0, 0.05) is 12.1 Å². The first kappa shape index (κ1) is 8.67. The van der Waals surface area contributed by atoms with Gasteiger partial charge in [-0.25, -0.2) is 0 Å². The number of fused-ring (bicyclic) bond motifs is 2. The molecule has 0 amide bonds. The molecule has 0 unspecified atom stereocenters. The van der Waals surface area contributed by atoms with Gasteiger partial charge in [-0.05, 0) is 24.0 Å². The number of non-ortho nitro benzene ring substituents is 1. The van der Waals surface area contributed by atoms with Crippen molar-refractivity contribution < 1.29 is 10.4 Å². The van der Waals surface area contributed by atoms with Crippen molar-refractivity contribution in [1.29, 1.82) is 0 Å². The molecular weight excluding hydrogens is 158 g/mol. The Hall–Kier alpha value is -1.42. The minimum atomic E-state index is -0.335. The molecule has 64 valence electrons. The van der Waals surface area contributed by atoms with Gasteiger partial charge in [0.2, 0.25) is 0 Å². The van der Waals surface area contributed by atoms with Gasteiger partial charge in [-0.15, -0.1) is 0 Å². The zero-order chi connectivity index (χ0) is 7.84. The topological polar surface area (TPSA) is 74.6 Å². The molecule has 0 saturated heterocycles. The third kappa shape index (κ3) is 1.29. The number of benzene rings is 1. The van der Waals surface area contributed by atoms with Crippen LogP contribution in [0, 0.1) is 10.1 Å². The molecule has 1 aliphatic rings. The molecule has 4 nitrogen and oxygen atoms in total. The first-order chi connectivity index (χ1) is 5.25. The van der Waals surface area contributed by atoms with Crippen LogP contribution in [-0.4, -0.2) is 10.4 Å². The van der Waals surface area contributed by atoms with E-state index in [1.807, 2.05) is 6.07 Å². The third-order valence-corrected chi connectivity index (χ3v) is 1.95. The van der Waals surface area contributed by atoms with Crippen LogP contribution in [0.5, 0.6) is 0 Å². The number of rotatable bonds is 1. The Balaban J connectivity index is 0.000000720. The van der Waals surface area contributed by atoms with Crippen LogP contribution in [0.15, 0.2) is 18.2 Å². The molecule has 1 aromatic carbocycles. The summed E-state index contributed by atoms with van der Waals surface area (Å²) in [7, 11) is 0. The van der Waals surface area contributed by atoms with Gasteiger partial charge in [0.25, 0.3) is 5.69 Å². The number of nitro groups is 1. The Kier molecular flexibility index (Phi) is 2.10. The normalized spacial score (nSPS) is 12.3. The van der Waals surface area contributed by atoms with Crippen molar-refractivity contribution in [3.8, 4) is 0 Å². The summed E-state index contributed by atoms with van der Waals surface area (Å²) in [5.74, 6) is 0. The molecule has 0 fully saturated rings. The van der Waals surface area contributed by atoms with Gasteiger partial charge >= 0.3 is 0 Å². The van der Waals surface area contributed by atoms with E-state index in [9.17, 15) is 10.1 Å². The Morgan fingerprint density at radius 1 is 1.17 bits per heavy atom. The maximum absolute atomic E-state index is 10.3. The molecule has 4 heteroatoms. The summed E-state index contributed by atoms with van der Waals surface area (Å²) in [4.78, 5) is 10.0. The second kappa shape index (κ2) is 2.91. The van der Waals surface area contributed by atoms with Crippen LogP contribution < -0.4 is 0 Å². The molecule has 2 bridgehead atoms. The summed E-state index contributed by atoms with van der Waals surface area (Å²) in [6.07, 6.45) is 1.92. The molecule has 0 heterocycles. The second-order valence-electron chi connectivity index (χ2n) is 2.76. The molecule has 0 saturated carbocycles. The fraction of sp³-hybridized carbons (Fsp3) is 0.250. The van der Waals surface area contributed by atoms with Crippen molar-refractivity contribution in [2.75, 3.05) is 0 Å². The fourth-order valence-electron chi connectivity index (χ4n) is 1.43. The summed E-state index contributed by atoms with van der Waals surface area (Å²) in [6.45, 7) is 0. The maximum Gasteiger partial charge on any atom is 0.269 e. The molecular formula is C8H9NO3. The largest absolute Gasteiger partial charge is 0.412 e. The van der Waals surface area contributed by atoms with Crippen molar-refractivity contribution in [3.63, 3.8) is 0 Å². The number of hydrogen-bond acceptors (Lipinski definition) is 2. The van der Waals surface area contributed by atoms with Crippen molar-refractivity contribution in [2.45, 2.75) is 12.8 Å². The van der Waals surface area contributed by atoms with Crippen LogP contribution in [0.4, 0.5) is 5.69 Å². The summed E-state index contributed by atoms with van der Waals surface area (Å²) < 4.78 is 0. The highest BCUT2D eigenvalue weighted by molar-refractivity contribution is 5.43. The SMILES string of the molecule is O.O=[N+]([O-])c1cc2cc(c1)CC2. The van der Waals surface area contributed by atoms with E-state index in [0.29, 0.717) is 0 Å². The second-order valence-corrected chi connectivity index (χ2v) is 2.76. The van der Waals surface area contributed by atoms with E-state index < -0.39 is 0 Å². The van der Waals surface area contributed by atoms with Crippen molar-refractivity contribution in [2.24, 2.45) is 0 Å². The van der Waals surface area contributed by atoms with Crippen LogP contribution >= 0.6 is 0 Å². The summed E-state index contributed by atoms with van der Waals surface area (Å²) in [5.41, 5.74) is 2.42. The minimum Gasteiger partial charge on any atom is -0.412 e. The fourth-order valence-corrected chi connectivity index (χ4v) is 1.43. The average Bonchev–Trinajstić information content (AvgIpc) is 2.30. The van der Waals surface area contributed by atoms with Gasteiger partial charge < -0.3 is 5.48 Å². The highest BCUT2D eigenvalue weighted by atomic mass is 16.6. The van der Waals surface area contributed by atoms with E-state index in [1.165, 1.54) is 0 Å². The monoisotopic (exact) mass is 167 g/mol. The van der Waals surface area contributed by atoms with Gasteiger partial charge in [-0.1, -0.05) is 6.07 Å². The highest BCUT2D eigenvalue weighted by Crippen LogP contribution is 2.24. The van der Waals surface area contributed by atoms with E-state index in [0.717, 1.165) is 24.0 Å². The molecule has 1 aromatic rings. The van der Waals surface area contributed by atoms with E-state index in [1.54, 1.807) is 12.1 Å². The Bertz CT molecular complexity index is 300. The van der Waals surface area contributed by atoms with Crippen LogP contribution in [-0.2, 0) is 12.8 Å². The van der Waals surface area contributed by atoms with Gasteiger partial charge in [-0.3, -0.25) is 10.1 Å². The minimum absolute atomic E-state index is 0. The number of hydrogen-bond donors (Lipinski definition) is 0. The van der Waals surface area contributed by atoms with E-state index in [-0.39, 0.29) is 16.1 Å². The molecule has 2 rings (SSSR count). The highest BCUT2D eigenvalue weighted by Gasteiger charge is 2.14. The zero-order valence-corrected chi connectivity index (χ0v) is 6.41. The maximum atomic E-state index is 10.3. The zero-order valence-electron chi connectivity index (χ0n) is 6.41. The predicted molar refractivity (Wildman–Crippen MR) is 44.1 cm³/mol.